The van der Waals surface area contributed by atoms with E-state index in [0.29, 0.717) is 5.92 Å². The first-order valence-corrected chi connectivity index (χ1v) is 25.0. The largest absolute Gasteiger partial charge is 0.482 e. The van der Waals surface area contributed by atoms with Crippen LogP contribution in [0.2, 0.25) is 0 Å². The number of hydrogen-bond donors (Lipinski definition) is 1. The highest BCUT2D eigenvalue weighted by Crippen LogP contribution is 2.56. The second-order valence-corrected chi connectivity index (χ2v) is 25.2. The van der Waals surface area contributed by atoms with Crippen LogP contribution >= 0.6 is 0 Å². The summed E-state index contributed by atoms with van der Waals surface area (Å²) in [6.45, 7) is 31.7. The molecule has 0 bridgehead atoms. The Hall–Kier alpha value is -4.80. The second kappa shape index (κ2) is 14.1. The molecule has 0 spiro atoms. The van der Waals surface area contributed by atoms with E-state index in [-0.39, 0.29) is 50.6 Å². The highest BCUT2D eigenvalue weighted by atomic mass is 16.5. The van der Waals surface area contributed by atoms with Crippen LogP contribution < -0.4 is 20.4 Å². The third-order valence-corrected chi connectivity index (χ3v) is 17.8. The van der Waals surface area contributed by atoms with Gasteiger partial charge in [-0.3, -0.25) is 0 Å². The number of benzene rings is 3. The van der Waals surface area contributed by atoms with E-state index in [1.54, 1.807) is 5.57 Å². The molecule has 2 heterocycles. The summed E-state index contributed by atoms with van der Waals surface area (Å²) in [6.07, 6.45) is 15.6. The zero-order chi connectivity index (χ0) is 45.8. The Morgan fingerprint density at radius 1 is 0.692 bits per heavy atom. The number of nitrogens with zero attached hydrogens (tertiary/aromatic N) is 1. The molecule has 65 heavy (non-hydrogen) atoms. The number of hydrogen-bond acceptors (Lipinski definition) is 3. The highest BCUT2D eigenvalue weighted by Gasteiger charge is 2.46. The first-order valence-electron chi connectivity index (χ1n) is 25.0. The summed E-state index contributed by atoms with van der Waals surface area (Å²) in [4.78, 5) is 2.71. The van der Waals surface area contributed by atoms with Crippen molar-refractivity contribution < 1.29 is 4.74 Å². The number of ether oxygens (including phenoxy) is 1. The molecular formula is C61H70BN2O. The summed E-state index contributed by atoms with van der Waals surface area (Å²) >= 11 is 0. The van der Waals surface area contributed by atoms with Crippen molar-refractivity contribution >= 4 is 35.4 Å². The lowest BCUT2D eigenvalue weighted by molar-refractivity contribution is 0.259. The molecule has 1 radical (unpaired) electrons. The fraction of sp³-hybridized carbons (Fsp3) is 0.508. The Morgan fingerprint density at radius 2 is 1.34 bits per heavy atom. The molecule has 0 fully saturated rings. The Kier molecular flexibility index (Phi) is 9.30. The lowest BCUT2D eigenvalue weighted by atomic mass is 9.52. The Morgan fingerprint density at radius 3 is 2.06 bits per heavy atom. The topological polar surface area (TPSA) is 24.5 Å². The Bertz CT molecular complexity index is 2860. The van der Waals surface area contributed by atoms with Crippen molar-refractivity contribution in [3.8, 4) is 29.4 Å². The van der Waals surface area contributed by atoms with Gasteiger partial charge in [0.2, 0.25) is 0 Å². The minimum absolute atomic E-state index is 0.0201. The van der Waals surface area contributed by atoms with Crippen LogP contribution in [0.4, 0.5) is 17.1 Å². The fourth-order valence-electron chi connectivity index (χ4n) is 13.2. The Labute approximate surface area is 392 Å². The Balaban J connectivity index is 1.12. The number of anilines is 3. The minimum Gasteiger partial charge on any atom is -0.482 e. The molecule has 0 saturated carbocycles. The van der Waals surface area contributed by atoms with Crippen LogP contribution in [0.25, 0.3) is 5.57 Å². The predicted molar refractivity (Wildman–Crippen MR) is 274 cm³/mol. The summed E-state index contributed by atoms with van der Waals surface area (Å²) in [7, 11) is 2.56. The first kappa shape index (κ1) is 42.8. The van der Waals surface area contributed by atoms with E-state index in [0.717, 1.165) is 30.0 Å². The molecular weight excluding hydrogens is 787 g/mol. The van der Waals surface area contributed by atoms with Gasteiger partial charge >= 0.3 is 0 Å². The summed E-state index contributed by atoms with van der Waals surface area (Å²) in [5.74, 6) is 15.9. The van der Waals surface area contributed by atoms with Crippen molar-refractivity contribution in [1.29, 1.82) is 0 Å². The zero-order valence-corrected chi connectivity index (χ0v) is 41.7. The molecule has 3 aromatic carbocycles. The van der Waals surface area contributed by atoms with Crippen molar-refractivity contribution in [2.24, 2.45) is 16.7 Å². The lowest BCUT2D eigenvalue weighted by Gasteiger charge is -2.49. The van der Waals surface area contributed by atoms with Gasteiger partial charge in [0, 0.05) is 40.2 Å². The SMILES string of the molecule is CC1C=C2C(=C(c3ccc4c(c3Nc3ccc5c(c3)C(C)(C)CCC5(C)C)OC3C=CC#CC43)C1)[B]c1cc3c(cc1N2C1C#CC2=C(C1)C(C)(C)CCC2(C)C)C(C)(C)CCC3(C)C. The van der Waals surface area contributed by atoms with Gasteiger partial charge in [0.15, 0.2) is 7.28 Å². The van der Waals surface area contributed by atoms with E-state index >= 15 is 0 Å². The maximum atomic E-state index is 7.03. The molecule has 0 amide bonds. The first-order chi connectivity index (χ1) is 30.5. The van der Waals surface area contributed by atoms with Crippen LogP contribution in [-0.4, -0.2) is 19.4 Å². The summed E-state index contributed by atoms with van der Waals surface area (Å²) < 4.78 is 7.03. The van der Waals surface area contributed by atoms with Crippen molar-refractivity contribution in [3.63, 3.8) is 0 Å². The average molecular weight is 858 g/mol. The van der Waals surface area contributed by atoms with Gasteiger partial charge in [0.25, 0.3) is 0 Å². The molecule has 6 aliphatic carbocycles. The predicted octanol–water partition coefficient (Wildman–Crippen LogP) is 13.9. The molecule has 4 unspecified atom stereocenters. The van der Waals surface area contributed by atoms with Crippen molar-refractivity contribution in [2.45, 2.75) is 181 Å². The van der Waals surface area contributed by atoms with Gasteiger partial charge in [-0.05, 0) is 147 Å². The maximum absolute atomic E-state index is 7.03. The van der Waals surface area contributed by atoms with E-state index in [9.17, 15) is 0 Å². The number of fused-ring (bicyclic) bond motifs is 7. The zero-order valence-electron chi connectivity index (χ0n) is 41.7. The van der Waals surface area contributed by atoms with Gasteiger partial charge in [-0.1, -0.05) is 155 Å². The molecule has 4 atom stereocenters. The molecule has 0 saturated heterocycles. The van der Waals surface area contributed by atoms with Crippen LogP contribution in [-0.2, 0) is 21.7 Å². The van der Waals surface area contributed by atoms with Gasteiger partial charge < -0.3 is 15.0 Å². The van der Waals surface area contributed by atoms with Crippen molar-refractivity contribution in [1.82, 2.24) is 0 Å². The van der Waals surface area contributed by atoms with Gasteiger partial charge in [-0.2, -0.15) is 0 Å². The van der Waals surface area contributed by atoms with Gasteiger partial charge in [-0.25, -0.2) is 0 Å². The third-order valence-electron chi connectivity index (χ3n) is 17.8. The molecule has 3 aromatic rings. The van der Waals surface area contributed by atoms with E-state index in [4.69, 9.17) is 4.74 Å². The van der Waals surface area contributed by atoms with E-state index in [1.165, 1.54) is 105 Å². The molecule has 0 aromatic heterocycles. The van der Waals surface area contributed by atoms with Gasteiger partial charge in [0.1, 0.15) is 11.9 Å². The quantitative estimate of drug-likeness (QED) is 0.209. The maximum Gasteiger partial charge on any atom is 0.197 e. The number of rotatable bonds is 4. The molecule has 3 nitrogen and oxygen atoms in total. The van der Waals surface area contributed by atoms with Crippen LogP contribution in [0, 0.1) is 40.4 Å². The highest BCUT2D eigenvalue weighted by molar-refractivity contribution is 6.66. The number of allylic oxidation sites excluding steroid dienone is 5. The number of nitrogens with one attached hydrogen (secondary N) is 1. The molecule has 11 rings (SSSR count). The molecule has 2 aliphatic heterocycles. The van der Waals surface area contributed by atoms with Gasteiger partial charge in [-0.15, -0.1) is 0 Å². The molecule has 333 valence electrons. The third kappa shape index (κ3) is 6.69. The van der Waals surface area contributed by atoms with E-state index in [1.807, 2.05) is 6.08 Å². The summed E-state index contributed by atoms with van der Waals surface area (Å²) in [5.41, 5.74) is 20.7. The van der Waals surface area contributed by atoms with Crippen LogP contribution in [0.5, 0.6) is 5.75 Å². The van der Waals surface area contributed by atoms with Gasteiger partial charge in [0.05, 0.1) is 17.6 Å². The monoisotopic (exact) mass is 858 g/mol. The van der Waals surface area contributed by atoms with E-state index in [2.05, 4.69) is 186 Å². The van der Waals surface area contributed by atoms with Crippen molar-refractivity contribution in [3.05, 3.63) is 116 Å². The van der Waals surface area contributed by atoms with Crippen LogP contribution in [0.3, 0.4) is 0 Å². The van der Waals surface area contributed by atoms with Crippen LogP contribution in [0.15, 0.2) is 83.0 Å². The van der Waals surface area contributed by atoms with Crippen LogP contribution in [0.1, 0.15) is 181 Å². The van der Waals surface area contributed by atoms with Crippen molar-refractivity contribution in [2.75, 3.05) is 10.2 Å². The molecule has 1 N–H and O–H groups in total. The molecule has 8 aliphatic rings. The van der Waals surface area contributed by atoms with E-state index < -0.39 is 0 Å². The average Bonchev–Trinajstić information content (AvgIpc) is 3.64. The fourth-order valence-corrected chi connectivity index (χ4v) is 13.2. The lowest BCUT2D eigenvalue weighted by Crippen LogP contribution is -2.48. The normalized spacial score (nSPS) is 28.1. The minimum atomic E-state index is -0.0933. The smallest absolute Gasteiger partial charge is 0.197 e. The summed E-state index contributed by atoms with van der Waals surface area (Å²) in [5, 5.41) is 4.10. The summed E-state index contributed by atoms with van der Waals surface area (Å²) in [6, 6.07) is 17.1. The second-order valence-electron chi connectivity index (χ2n) is 25.2. The standard InChI is InChI=1S/C61H70BN2O/c1-36-30-42(40-20-21-41-39-16-14-15-17-52(39)65-55(41)54(40)63-37-18-22-43-45(32-37)58(6,7)26-24-56(43,2)3)53-51(31-36)64(38-19-23-44-46(33-38)59(8,9)27-25-57(44,4)5)50-35-48-47(34-49(50)62-53)60(10,11)28-29-61(48,12)13/h15,17-18,20-22,31-32,34-36,38-39,52,63H,24-30,33H2,1-13H3. The molecule has 4 heteroatoms.